The van der Waals surface area contributed by atoms with Crippen LogP contribution in [0.1, 0.15) is 20.8 Å². The van der Waals surface area contributed by atoms with Gasteiger partial charge in [0.2, 0.25) is 0 Å². The SMILES string of the molecule is CC(C)[C@H](N[C@@H](C)C(=O)O)C(=O)O. The fourth-order valence-corrected chi connectivity index (χ4v) is 0.890. The molecule has 0 aliphatic rings. The van der Waals surface area contributed by atoms with E-state index in [0.717, 1.165) is 0 Å². The number of nitrogens with one attached hydrogen (secondary N) is 1. The molecule has 0 aliphatic carbocycles. The van der Waals surface area contributed by atoms with Crippen molar-refractivity contribution in [1.29, 1.82) is 0 Å². The molecule has 0 unspecified atom stereocenters. The molecule has 0 aromatic heterocycles. The summed E-state index contributed by atoms with van der Waals surface area (Å²) in [6.07, 6.45) is 0. The highest BCUT2D eigenvalue weighted by atomic mass is 16.4. The second-order valence-corrected chi connectivity index (χ2v) is 3.29. The van der Waals surface area contributed by atoms with E-state index in [2.05, 4.69) is 5.32 Å². The van der Waals surface area contributed by atoms with Crippen LogP contribution in [0.25, 0.3) is 0 Å². The fourth-order valence-electron chi connectivity index (χ4n) is 0.890. The van der Waals surface area contributed by atoms with Crippen LogP contribution in [0.3, 0.4) is 0 Å². The van der Waals surface area contributed by atoms with Crippen LogP contribution in [0.2, 0.25) is 0 Å². The molecule has 0 fully saturated rings. The Morgan fingerprint density at radius 1 is 1.08 bits per heavy atom. The number of hydrogen-bond acceptors (Lipinski definition) is 3. The van der Waals surface area contributed by atoms with Gasteiger partial charge in [-0.1, -0.05) is 13.8 Å². The van der Waals surface area contributed by atoms with E-state index < -0.39 is 24.0 Å². The van der Waals surface area contributed by atoms with Gasteiger partial charge in [0.1, 0.15) is 12.1 Å². The molecule has 76 valence electrons. The molecule has 0 saturated carbocycles. The molecule has 2 atom stereocenters. The average Bonchev–Trinajstić information content (AvgIpc) is 1.97. The molecule has 0 saturated heterocycles. The molecule has 5 heteroatoms. The Labute approximate surface area is 76.8 Å². The van der Waals surface area contributed by atoms with E-state index in [1.54, 1.807) is 13.8 Å². The summed E-state index contributed by atoms with van der Waals surface area (Å²) in [7, 11) is 0. The minimum Gasteiger partial charge on any atom is -0.480 e. The first-order valence-electron chi connectivity index (χ1n) is 4.08. The number of carboxylic acid groups (broad SMARTS) is 2. The van der Waals surface area contributed by atoms with Crippen LogP contribution in [-0.2, 0) is 9.59 Å². The highest BCUT2D eigenvalue weighted by Crippen LogP contribution is 2.02. The summed E-state index contributed by atoms with van der Waals surface area (Å²) >= 11 is 0. The van der Waals surface area contributed by atoms with Gasteiger partial charge in [-0.2, -0.15) is 0 Å². The Morgan fingerprint density at radius 2 is 1.54 bits per heavy atom. The van der Waals surface area contributed by atoms with Crippen LogP contribution in [0.4, 0.5) is 0 Å². The summed E-state index contributed by atoms with van der Waals surface area (Å²) in [6.45, 7) is 4.86. The van der Waals surface area contributed by atoms with Crippen LogP contribution in [0.5, 0.6) is 0 Å². The van der Waals surface area contributed by atoms with Crippen LogP contribution >= 0.6 is 0 Å². The van der Waals surface area contributed by atoms with E-state index in [1.807, 2.05) is 0 Å². The van der Waals surface area contributed by atoms with Gasteiger partial charge in [0.15, 0.2) is 0 Å². The smallest absolute Gasteiger partial charge is 0.320 e. The largest absolute Gasteiger partial charge is 0.480 e. The van der Waals surface area contributed by atoms with Crippen molar-refractivity contribution in [2.75, 3.05) is 0 Å². The summed E-state index contributed by atoms with van der Waals surface area (Å²) < 4.78 is 0. The Balaban J connectivity index is 4.27. The monoisotopic (exact) mass is 189 g/mol. The summed E-state index contributed by atoms with van der Waals surface area (Å²) in [5.74, 6) is -2.21. The topological polar surface area (TPSA) is 86.6 Å². The molecule has 0 aromatic carbocycles. The maximum absolute atomic E-state index is 10.6. The Kier molecular flexibility index (Phi) is 4.40. The predicted molar refractivity (Wildman–Crippen MR) is 46.5 cm³/mol. The second-order valence-electron chi connectivity index (χ2n) is 3.29. The maximum Gasteiger partial charge on any atom is 0.320 e. The minimum atomic E-state index is -1.05. The Bertz CT molecular complexity index is 202. The van der Waals surface area contributed by atoms with E-state index in [-0.39, 0.29) is 5.92 Å². The van der Waals surface area contributed by atoms with Crippen molar-refractivity contribution < 1.29 is 19.8 Å². The van der Waals surface area contributed by atoms with E-state index >= 15 is 0 Å². The summed E-state index contributed by atoms with van der Waals surface area (Å²) in [4.78, 5) is 21.1. The van der Waals surface area contributed by atoms with Crippen LogP contribution in [-0.4, -0.2) is 34.2 Å². The predicted octanol–water partition coefficient (Wildman–Crippen LogP) is 0.158. The molecule has 0 radical (unpaired) electrons. The van der Waals surface area contributed by atoms with Crippen LogP contribution < -0.4 is 5.32 Å². The van der Waals surface area contributed by atoms with Crippen molar-refractivity contribution in [3.05, 3.63) is 0 Å². The molecule has 0 spiro atoms. The molecule has 5 nitrogen and oxygen atoms in total. The lowest BCUT2D eigenvalue weighted by molar-refractivity contribution is -0.143. The lowest BCUT2D eigenvalue weighted by Gasteiger charge is -2.20. The van der Waals surface area contributed by atoms with Crippen molar-refractivity contribution in [2.24, 2.45) is 5.92 Å². The summed E-state index contributed by atoms with van der Waals surface area (Å²) in [5.41, 5.74) is 0. The molecule has 0 amide bonds. The highest BCUT2D eigenvalue weighted by molar-refractivity contribution is 5.77. The normalized spacial score (nSPS) is 15.4. The van der Waals surface area contributed by atoms with Crippen LogP contribution in [0.15, 0.2) is 0 Å². The van der Waals surface area contributed by atoms with E-state index in [9.17, 15) is 9.59 Å². The van der Waals surface area contributed by atoms with E-state index in [0.29, 0.717) is 0 Å². The lowest BCUT2D eigenvalue weighted by Crippen LogP contribution is -2.48. The third kappa shape index (κ3) is 3.89. The molecule has 0 aliphatic heterocycles. The van der Waals surface area contributed by atoms with Gasteiger partial charge >= 0.3 is 11.9 Å². The Morgan fingerprint density at radius 3 is 1.77 bits per heavy atom. The summed E-state index contributed by atoms with van der Waals surface area (Å²) in [6, 6.07) is -1.66. The molecule has 0 rings (SSSR count). The number of rotatable bonds is 5. The van der Waals surface area contributed by atoms with Gasteiger partial charge in [0, 0.05) is 0 Å². The third-order valence-corrected chi connectivity index (χ3v) is 1.73. The van der Waals surface area contributed by atoms with Gasteiger partial charge in [-0.15, -0.1) is 0 Å². The standard InChI is InChI=1S/C8H15NO4/c1-4(2)6(8(12)13)9-5(3)7(10)11/h4-6,9H,1-3H3,(H,10,11)(H,12,13)/t5-,6-/m0/s1. The molecular formula is C8H15NO4. The first-order chi connectivity index (χ1) is 5.86. The lowest BCUT2D eigenvalue weighted by atomic mass is 10.0. The van der Waals surface area contributed by atoms with Gasteiger partial charge in [0.05, 0.1) is 0 Å². The van der Waals surface area contributed by atoms with Gasteiger partial charge in [-0.05, 0) is 12.8 Å². The highest BCUT2D eigenvalue weighted by Gasteiger charge is 2.25. The number of hydrogen-bond donors (Lipinski definition) is 3. The molecular weight excluding hydrogens is 174 g/mol. The third-order valence-electron chi connectivity index (χ3n) is 1.73. The maximum atomic E-state index is 10.6. The van der Waals surface area contributed by atoms with E-state index in [1.165, 1.54) is 6.92 Å². The molecule has 3 N–H and O–H groups in total. The van der Waals surface area contributed by atoms with Crippen molar-refractivity contribution in [2.45, 2.75) is 32.9 Å². The van der Waals surface area contributed by atoms with Gasteiger partial charge in [-0.25, -0.2) is 0 Å². The Hall–Kier alpha value is -1.10. The number of aliphatic carboxylic acids is 2. The van der Waals surface area contributed by atoms with Gasteiger partial charge < -0.3 is 10.2 Å². The van der Waals surface area contributed by atoms with Gasteiger partial charge in [0.25, 0.3) is 0 Å². The van der Waals surface area contributed by atoms with Crippen molar-refractivity contribution in [3.63, 3.8) is 0 Å². The zero-order valence-corrected chi connectivity index (χ0v) is 7.94. The minimum absolute atomic E-state index is 0.140. The van der Waals surface area contributed by atoms with E-state index in [4.69, 9.17) is 10.2 Å². The number of carbonyl (C=O) groups is 2. The quantitative estimate of drug-likeness (QED) is 0.573. The first-order valence-corrected chi connectivity index (χ1v) is 4.08. The molecule has 0 heterocycles. The zero-order chi connectivity index (χ0) is 10.6. The zero-order valence-electron chi connectivity index (χ0n) is 7.94. The van der Waals surface area contributed by atoms with Crippen molar-refractivity contribution in [3.8, 4) is 0 Å². The molecule has 13 heavy (non-hydrogen) atoms. The second kappa shape index (κ2) is 4.81. The van der Waals surface area contributed by atoms with Gasteiger partial charge in [-0.3, -0.25) is 14.9 Å². The molecule has 0 bridgehead atoms. The van der Waals surface area contributed by atoms with Crippen molar-refractivity contribution in [1.82, 2.24) is 5.32 Å². The fraction of sp³-hybridized carbons (Fsp3) is 0.750. The van der Waals surface area contributed by atoms with Crippen LogP contribution in [0, 0.1) is 5.92 Å². The first kappa shape index (κ1) is 11.9. The number of carboxylic acids is 2. The van der Waals surface area contributed by atoms with Crippen molar-refractivity contribution >= 4 is 11.9 Å². The molecule has 0 aromatic rings. The summed E-state index contributed by atoms with van der Waals surface area (Å²) in [5, 5.41) is 19.8. The average molecular weight is 189 g/mol.